The molecule has 0 fully saturated rings. The van der Waals surface area contributed by atoms with Crippen LogP contribution in [0.5, 0.6) is 5.75 Å². The van der Waals surface area contributed by atoms with Gasteiger partial charge in [0.05, 0.1) is 6.04 Å². The minimum absolute atomic E-state index is 0.0470. The zero-order chi connectivity index (χ0) is 21.1. The molecule has 3 aromatic carbocycles. The van der Waals surface area contributed by atoms with Gasteiger partial charge >= 0.3 is 0 Å². The summed E-state index contributed by atoms with van der Waals surface area (Å²) in [6.45, 7) is 3.67. The summed E-state index contributed by atoms with van der Waals surface area (Å²) in [5, 5.41) is 2.95. The number of aryl methyl sites for hydroxylation is 1. The molecule has 30 heavy (non-hydrogen) atoms. The Labute approximate surface area is 176 Å². The van der Waals surface area contributed by atoms with Crippen LogP contribution in [-0.2, 0) is 9.59 Å². The van der Waals surface area contributed by atoms with Crippen LogP contribution < -0.4 is 10.1 Å². The molecule has 0 unspecified atom stereocenters. The summed E-state index contributed by atoms with van der Waals surface area (Å²) in [7, 11) is 0. The van der Waals surface area contributed by atoms with E-state index >= 15 is 0 Å². The molecule has 0 spiro atoms. The van der Waals surface area contributed by atoms with Gasteiger partial charge in [-0.1, -0.05) is 66.2 Å². The third-order valence-corrected chi connectivity index (χ3v) is 5.20. The number of benzene rings is 3. The Bertz CT molecular complexity index is 1050. The van der Waals surface area contributed by atoms with E-state index in [0.717, 1.165) is 22.4 Å². The summed E-state index contributed by atoms with van der Waals surface area (Å²) in [5.41, 5.74) is 3.63. The Hall–Kier alpha value is -3.60. The Kier molecular flexibility index (Phi) is 5.53. The van der Waals surface area contributed by atoms with Crippen molar-refractivity contribution < 1.29 is 14.3 Å². The van der Waals surface area contributed by atoms with E-state index in [2.05, 4.69) is 5.32 Å². The lowest BCUT2D eigenvalue weighted by molar-refractivity contribution is -0.142. The highest BCUT2D eigenvalue weighted by atomic mass is 16.5. The number of para-hydroxylation sites is 1. The van der Waals surface area contributed by atoms with Crippen molar-refractivity contribution in [3.63, 3.8) is 0 Å². The van der Waals surface area contributed by atoms with E-state index in [4.69, 9.17) is 4.74 Å². The Morgan fingerprint density at radius 1 is 1.03 bits per heavy atom. The van der Waals surface area contributed by atoms with Gasteiger partial charge in [0.1, 0.15) is 12.3 Å². The lowest BCUT2D eigenvalue weighted by Crippen LogP contribution is -2.45. The van der Waals surface area contributed by atoms with Crippen LogP contribution in [0.2, 0.25) is 0 Å². The van der Waals surface area contributed by atoms with E-state index in [9.17, 15) is 9.59 Å². The van der Waals surface area contributed by atoms with Gasteiger partial charge in [0, 0.05) is 11.3 Å². The van der Waals surface area contributed by atoms with Gasteiger partial charge in [0.15, 0.2) is 6.10 Å². The zero-order valence-electron chi connectivity index (χ0n) is 17.0. The number of hydrogen-bond acceptors (Lipinski definition) is 3. The molecule has 152 valence electrons. The Balaban J connectivity index is 1.75. The van der Waals surface area contributed by atoms with Gasteiger partial charge in [-0.15, -0.1) is 0 Å². The van der Waals surface area contributed by atoms with Gasteiger partial charge in [-0.3, -0.25) is 9.59 Å². The summed E-state index contributed by atoms with van der Waals surface area (Å²) in [6.07, 6.45) is -0.738. The van der Waals surface area contributed by atoms with E-state index in [0.29, 0.717) is 5.75 Å². The predicted molar refractivity (Wildman–Crippen MR) is 116 cm³/mol. The molecule has 3 aromatic rings. The fourth-order valence-electron chi connectivity index (χ4n) is 3.81. The topological polar surface area (TPSA) is 58.6 Å². The second-order valence-electron chi connectivity index (χ2n) is 7.49. The molecule has 1 N–H and O–H groups in total. The number of nitrogens with one attached hydrogen (secondary N) is 1. The highest BCUT2D eigenvalue weighted by Gasteiger charge is 2.36. The van der Waals surface area contributed by atoms with Crippen LogP contribution in [0.25, 0.3) is 0 Å². The van der Waals surface area contributed by atoms with Crippen LogP contribution in [0.15, 0.2) is 78.9 Å². The largest absolute Gasteiger partial charge is 0.481 e. The van der Waals surface area contributed by atoms with Gasteiger partial charge in [0.2, 0.25) is 5.91 Å². The Morgan fingerprint density at radius 3 is 2.40 bits per heavy atom. The normalized spacial score (nSPS) is 16.8. The number of carbonyl (C=O) groups is 2. The molecule has 2 atom stereocenters. The third-order valence-electron chi connectivity index (χ3n) is 5.20. The van der Waals surface area contributed by atoms with Crippen molar-refractivity contribution in [2.45, 2.75) is 26.0 Å². The fraction of sp³-hybridized carbons (Fsp3) is 0.200. The number of carbonyl (C=O) groups excluding carboxylic acids is 2. The molecule has 5 nitrogen and oxygen atoms in total. The molecule has 1 heterocycles. The number of nitrogens with zero attached hydrogens (tertiary/aromatic N) is 1. The third kappa shape index (κ3) is 4.06. The molecular formula is C25H24N2O3. The number of hydrogen-bond donors (Lipinski definition) is 1. The van der Waals surface area contributed by atoms with Crippen LogP contribution in [0.3, 0.4) is 0 Å². The molecular weight excluding hydrogens is 376 g/mol. The minimum Gasteiger partial charge on any atom is -0.481 e. The maximum absolute atomic E-state index is 13.5. The molecule has 1 aliphatic heterocycles. The van der Waals surface area contributed by atoms with Crippen molar-refractivity contribution in [2.75, 3.05) is 11.9 Å². The average molecular weight is 400 g/mol. The van der Waals surface area contributed by atoms with Gasteiger partial charge in [-0.2, -0.15) is 0 Å². The van der Waals surface area contributed by atoms with Crippen molar-refractivity contribution in [1.29, 1.82) is 0 Å². The summed E-state index contributed by atoms with van der Waals surface area (Å²) in [5.74, 6) is 0.154. The van der Waals surface area contributed by atoms with Crippen LogP contribution in [0.4, 0.5) is 5.69 Å². The van der Waals surface area contributed by atoms with E-state index in [1.54, 1.807) is 11.8 Å². The number of fused-ring (bicyclic) bond motifs is 1. The maximum Gasteiger partial charge on any atom is 0.264 e. The molecule has 5 heteroatoms. The van der Waals surface area contributed by atoms with Crippen molar-refractivity contribution in [3.8, 4) is 5.75 Å². The van der Waals surface area contributed by atoms with Crippen LogP contribution >= 0.6 is 0 Å². The fourth-order valence-corrected chi connectivity index (χ4v) is 3.81. The number of ether oxygens (including phenoxy) is 1. The molecule has 2 amide bonds. The minimum atomic E-state index is -0.738. The Morgan fingerprint density at radius 2 is 1.70 bits per heavy atom. The van der Waals surface area contributed by atoms with Crippen LogP contribution in [0.1, 0.15) is 29.7 Å². The second kappa shape index (κ2) is 8.41. The summed E-state index contributed by atoms with van der Waals surface area (Å²) >= 11 is 0. The predicted octanol–water partition coefficient (Wildman–Crippen LogP) is 4.33. The quantitative estimate of drug-likeness (QED) is 0.709. The maximum atomic E-state index is 13.5. The first kappa shape index (κ1) is 19.7. The second-order valence-corrected chi connectivity index (χ2v) is 7.49. The molecule has 0 saturated carbocycles. The number of anilines is 1. The first-order valence-corrected chi connectivity index (χ1v) is 10.0. The van der Waals surface area contributed by atoms with Gasteiger partial charge in [-0.05, 0) is 37.6 Å². The van der Waals surface area contributed by atoms with Crippen molar-refractivity contribution >= 4 is 17.5 Å². The van der Waals surface area contributed by atoms with Crippen LogP contribution in [-0.4, -0.2) is 29.4 Å². The molecule has 1 aliphatic rings. The summed E-state index contributed by atoms with van der Waals surface area (Å²) < 4.78 is 5.88. The summed E-state index contributed by atoms with van der Waals surface area (Å²) in [4.78, 5) is 27.8. The monoisotopic (exact) mass is 400 g/mol. The van der Waals surface area contributed by atoms with Crippen molar-refractivity contribution in [1.82, 2.24) is 4.90 Å². The smallest absolute Gasteiger partial charge is 0.264 e. The van der Waals surface area contributed by atoms with E-state index in [1.165, 1.54) is 0 Å². The lowest BCUT2D eigenvalue weighted by atomic mass is 9.94. The van der Waals surface area contributed by atoms with Gasteiger partial charge in [0.25, 0.3) is 5.91 Å². The standard InChI is InChI=1S/C25H24N2O3/c1-17-13-14-22-21(15-17)24(19-9-5-3-6-10-19)27(16-23(28)26-22)25(29)18(2)30-20-11-7-4-8-12-20/h3-15,18,24H,16H2,1-2H3,(H,26,28)/t18-,24+/m1/s1. The van der Waals surface area contributed by atoms with E-state index < -0.39 is 12.1 Å². The van der Waals surface area contributed by atoms with Gasteiger partial charge < -0.3 is 15.0 Å². The first-order chi connectivity index (χ1) is 14.5. The van der Waals surface area contributed by atoms with Crippen molar-refractivity contribution in [3.05, 3.63) is 95.6 Å². The van der Waals surface area contributed by atoms with E-state index in [-0.39, 0.29) is 18.4 Å². The highest BCUT2D eigenvalue weighted by Crippen LogP contribution is 2.36. The zero-order valence-corrected chi connectivity index (χ0v) is 17.0. The van der Waals surface area contributed by atoms with Gasteiger partial charge in [-0.25, -0.2) is 0 Å². The summed E-state index contributed by atoms with van der Waals surface area (Å²) in [6, 6.07) is 24.5. The molecule has 0 aliphatic carbocycles. The van der Waals surface area contributed by atoms with Crippen molar-refractivity contribution in [2.24, 2.45) is 0 Å². The number of rotatable bonds is 4. The first-order valence-electron chi connectivity index (χ1n) is 10.0. The highest BCUT2D eigenvalue weighted by molar-refractivity contribution is 5.97. The van der Waals surface area contributed by atoms with Crippen LogP contribution in [0, 0.1) is 6.92 Å². The van der Waals surface area contributed by atoms with E-state index in [1.807, 2.05) is 85.8 Å². The lowest BCUT2D eigenvalue weighted by Gasteiger charge is -2.32. The number of amides is 2. The molecule has 0 aromatic heterocycles. The molecule has 0 saturated heterocycles. The average Bonchev–Trinajstić information content (AvgIpc) is 2.90. The molecule has 4 rings (SSSR count). The molecule has 0 bridgehead atoms. The SMILES string of the molecule is Cc1ccc2c(c1)[C@H](c1ccccc1)N(C(=O)[C@@H](C)Oc1ccccc1)CC(=O)N2. The molecule has 0 radical (unpaired) electrons.